The number of rotatable bonds is 4. The molecule has 0 N–H and O–H groups in total. The van der Waals surface area contributed by atoms with Gasteiger partial charge in [-0.25, -0.2) is 0 Å². The minimum Gasteiger partial charge on any atom is -0.254 e. The number of thioether (sulfide) groups is 1. The maximum Gasteiger partial charge on any atom is 0.0641 e. The molecule has 0 saturated heterocycles. The Morgan fingerprint density at radius 2 is 2.60 bits per heavy atom. The van der Waals surface area contributed by atoms with Crippen LogP contribution in [-0.2, 0) is 0 Å². The van der Waals surface area contributed by atoms with Crippen LogP contribution in [0.4, 0.5) is 0 Å². The lowest BCUT2D eigenvalue weighted by Gasteiger charge is -1.75. The third-order valence-electron chi connectivity index (χ3n) is 1.46. The molecule has 1 rings (SSSR count). The van der Waals surface area contributed by atoms with E-state index in [4.69, 9.17) is 0 Å². The van der Waals surface area contributed by atoms with E-state index in [9.17, 15) is 0 Å². The van der Waals surface area contributed by atoms with Gasteiger partial charge in [-0.1, -0.05) is 25.3 Å². The molecule has 0 heterocycles. The summed E-state index contributed by atoms with van der Waals surface area (Å²) in [6.07, 6.45) is 2.29. The highest BCUT2D eigenvalue weighted by atomic mass is 32.2. The van der Waals surface area contributed by atoms with Crippen molar-refractivity contribution in [3.05, 3.63) is 23.3 Å². The number of nitrogens with zero attached hydrogens (tertiary/aromatic N) is 1. The van der Waals surface area contributed by atoms with Crippen molar-refractivity contribution in [3.63, 3.8) is 0 Å². The molecule has 0 aromatic carbocycles. The van der Waals surface area contributed by atoms with Crippen LogP contribution < -0.4 is 0 Å². The summed E-state index contributed by atoms with van der Waals surface area (Å²) in [5.74, 6) is 0. The van der Waals surface area contributed by atoms with Crippen LogP contribution in [0.2, 0.25) is 0 Å². The van der Waals surface area contributed by atoms with Crippen molar-refractivity contribution in [2.45, 2.75) is 19.8 Å². The Morgan fingerprint density at radius 1 is 1.80 bits per heavy atom. The van der Waals surface area contributed by atoms with E-state index in [1.165, 1.54) is 23.0 Å². The molecular formula is C8H11NS. The van der Waals surface area contributed by atoms with E-state index in [0.29, 0.717) is 0 Å². The molecule has 0 spiro atoms. The molecule has 0 aromatic rings. The van der Waals surface area contributed by atoms with Crippen LogP contribution in [0, 0.1) is 0 Å². The van der Waals surface area contributed by atoms with E-state index in [0.717, 1.165) is 12.8 Å². The Morgan fingerprint density at radius 3 is 3.10 bits per heavy atom. The van der Waals surface area contributed by atoms with E-state index in [1.54, 1.807) is 5.41 Å². The summed E-state index contributed by atoms with van der Waals surface area (Å²) < 4.78 is 0. The van der Waals surface area contributed by atoms with Gasteiger partial charge in [0.2, 0.25) is 0 Å². The molecule has 0 amide bonds. The molecule has 0 saturated carbocycles. The second-order valence-corrected chi connectivity index (χ2v) is 2.93. The first-order chi connectivity index (χ1) is 4.88. The first kappa shape index (κ1) is 7.61. The second kappa shape index (κ2) is 3.62. The van der Waals surface area contributed by atoms with Crippen LogP contribution in [0.1, 0.15) is 19.8 Å². The predicted octanol–water partition coefficient (Wildman–Crippen LogP) is 2.96. The van der Waals surface area contributed by atoms with E-state index < -0.39 is 0 Å². The van der Waals surface area contributed by atoms with Crippen LogP contribution >= 0.6 is 11.8 Å². The van der Waals surface area contributed by atoms with Gasteiger partial charge in [0.1, 0.15) is 0 Å². The third kappa shape index (κ3) is 2.03. The largest absolute Gasteiger partial charge is 0.254 e. The molecule has 0 unspecified atom stereocenters. The highest BCUT2D eigenvalue weighted by molar-refractivity contribution is 8.14. The number of hydrogen-bond acceptors (Lipinski definition) is 2. The van der Waals surface area contributed by atoms with E-state index in [2.05, 4.69) is 18.5 Å². The third-order valence-corrected chi connectivity index (χ3v) is 1.88. The molecule has 0 aliphatic heterocycles. The van der Waals surface area contributed by atoms with Gasteiger partial charge in [0.25, 0.3) is 0 Å². The van der Waals surface area contributed by atoms with E-state index >= 15 is 0 Å². The lowest BCUT2D eigenvalue weighted by atomic mass is 10.4. The normalized spacial score (nSPS) is 16.5. The first-order valence-corrected chi connectivity index (χ1v) is 4.32. The standard InChI is InChI=1S/C8H11NS/c1-3-7-5-8(7)9-6-10-4-2/h4,6H,2-3,5H2,1H3/b9-6-. The van der Waals surface area contributed by atoms with Gasteiger partial charge < -0.3 is 0 Å². The SMILES string of the molecule is C=CS/C=N\C1=C(CC)C1. The Labute approximate surface area is 65.9 Å². The summed E-state index contributed by atoms with van der Waals surface area (Å²) in [5.41, 5.74) is 4.61. The molecule has 1 aliphatic carbocycles. The molecule has 54 valence electrons. The van der Waals surface area contributed by atoms with Gasteiger partial charge in [-0.3, -0.25) is 4.99 Å². The lowest BCUT2D eigenvalue weighted by Crippen LogP contribution is -1.56. The van der Waals surface area contributed by atoms with Gasteiger partial charge in [-0.15, -0.1) is 0 Å². The van der Waals surface area contributed by atoms with Gasteiger partial charge in [-0.05, 0) is 17.4 Å². The van der Waals surface area contributed by atoms with Crippen molar-refractivity contribution < 1.29 is 0 Å². The molecule has 0 aromatic heterocycles. The predicted molar refractivity (Wildman–Crippen MR) is 48.2 cm³/mol. The van der Waals surface area contributed by atoms with Crippen LogP contribution in [0.5, 0.6) is 0 Å². The van der Waals surface area contributed by atoms with Crippen LogP contribution in [-0.4, -0.2) is 5.55 Å². The summed E-state index contributed by atoms with van der Waals surface area (Å²) in [6.45, 7) is 5.74. The van der Waals surface area contributed by atoms with Gasteiger partial charge in [0.05, 0.1) is 5.55 Å². The maximum atomic E-state index is 4.22. The van der Waals surface area contributed by atoms with Crippen molar-refractivity contribution in [3.8, 4) is 0 Å². The van der Waals surface area contributed by atoms with Gasteiger partial charge in [0, 0.05) is 12.1 Å². The summed E-state index contributed by atoms with van der Waals surface area (Å²) >= 11 is 1.53. The number of aliphatic imine (C=N–C) groups is 1. The smallest absolute Gasteiger partial charge is 0.0641 e. The first-order valence-electron chi connectivity index (χ1n) is 3.38. The number of hydrogen-bond donors (Lipinski definition) is 0. The topological polar surface area (TPSA) is 12.4 Å². The summed E-state index contributed by atoms with van der Waals surface area (Å²) in [7, 11) is 0. The molecule has 0 radical (unpaired) electrons. The summed E-state index contributed by atoms with van der Waals surface area (Å²) in [4.78, 5) is 4.22. The van der Waals surface area contributed by atoms with E-state index in [1.807, 2.05) is 5.55 Å². The zero-order chi connectivity index (χ0) is 7.40. The van der Waals surface area contributed by atoms with Crippen LogP contribution in [0.25, 0.3) is 0 Å². The fourth-order valence-electron chi connectivity index (χ4n) is 0.761. The van der Waals surface area contributed by atoms with E-state index in [-0.39, 0.29) is 0 Å². The second-order valence-electron chi connectivity index (χ2n) is 2.12. The molecule has 1 aliphatic rings. The van der Waals surface area contributed by atoms with Gasteiger partial charge in [-0.2, -0.15) is 0 Å². The fourth-order valence-corrected chi connectivity index (χ4v) is 1.04. The summed E-state index contributed by atoms with van der Waals surface area (Å²) in [5, 5.41) is 1.78. The molecule has 0 atom stereocenters. The molecule has 10 heavy (non-hydrogen) atoms. The van der Waals surface area contributed by atoms with Gasteiger partial charge >= 0.3 is 0 Å². The van der Waals surface area contributed by atoms with Gasteiger partial charge in [0.15, 0.2) is 0 Å². The fraction of sp³-hybridized carbons (Fsp3) is 0.375. The average Bonchev–Trinajstić information content (AvgIpc) is 2.68. The minimum absolute atomic E-state index is 1.13. The number of allylic oxidation sites excluding steroid dienone is 2. The summed E-state index contributed by atoms with van der Waals surface area (Å²) in [6, 6.07) is 0. The quantitative estimate of drug-likeness (QED) is 0.447. The maximum absolute atomic E-state index is 4.22. The molecule has 2 heteroatoms. The Bertz CT molecular complexity index is 191. The minimum atomic E-state index is 1.13. The van der Waals surface area contributed by atoms with Crippen LogP contribution in [0.3, 0.4) is 0 Å². The Kier molecular flexibility index (Phi) is 2.75. The van der Waals surface area contributed by atoms with Crippen molar-refractivity contribution in [1.29, 1.82) is 0 Å². The molecule has 1 nitrogen and oxygen atoms in total. The molecular weight excluding hydrogens is 142 g/mol. The average molecular weight is 153 g/mol. The van der Waals surface area contributed by atoms with Crippen LogP contribution in [0.15, 0.2) is 28.2 Å². The monoisotopic (exact) mass is 153 g/mol. The Balaban J connectivity index is 2.27. The van der Waals surface area contributed by atoms with Crippen molar-refractivity contribution in [2.24, 2.45) is 4.99 Å². The lowest BCUT2D eigenvalue weighted by molar-refractivity contribution is 1.15. The van der Waals surface area contributed by atoms with Crippen molar-refractivity contribution in [1.82, 2.24) is 0 Å². The Hall–Kier alpha value is -0.500. The zero-order valence-corrected chi connectivity index (χ0v) is 6.95. The highest BCUT2D eigenvalue weighted by Crippen LogP contribution is 2.34. The molecule has 0 bridgehead atoms. The zero-order valence-electron chi connectivity index (χ0n) is 6.13. The molecule has 0 fully saturated rings. The van der Waals surface area contributed by atoms with Crippen molar-refractivity contribution >= 4 is 17.3 Å². The van der Waals surface area contributed by atoms with Crippen molar-refractivity contribution in [2.75, 3.05) is 0 Å². The highest BCUT2D eigenvalue weighted by Gasteiger charge is 2.17.